The van der Waals surface area contributed by atoms with Gasteiger partial charge in [-0.05, 0) is 31.4 Å². The van der Waals surface area contributed by atoms with Crippen molar-refractivity contribution < 1.29 is 14.1 Å². The topological polar surface area (TPSA) is 90.8 Å². The van der Waals surface area contributed by atoms with Gasteiger partial charge in [-0.3, -0.25) is 4.21 Å². The summed E-state index contributed by atoms with van der Waals surface area (Å²) in [6, 6.07) is 8.44. The molecule has 9 heteroatoms. The van der Waals surface area contributed by atoms with Crippen molar-refractivity contribution in [3.05, 3.63) is 30.0 Å². The number of piperazine rings is 1. The van der Waals surface area contributed by atoms with Crippen LogP contribution in [0, 0.1) is 0 Å². The Labute approximate surface area is 184 Å². The average Bonchev–Trinajstić information content (AvgIpc) is 3.16. The van der Waals surface area contributed by atoms with E-state index >= 15 is 0 Å². The fourth-order valence-corrected chi connectivity index (χ4v) is 6.39. The zero-order valence-electron chi connectivity index (χ0n) is 17.4. The van der Waals surface area contributed by atoms with Crippen LogP contribution in [-0.2, 0) is 17.2 Å². The summed E-state index contributed by atoms with van der Waals surface area (Å²) in [6.07, 6.45) is 3.60. The maximum Gasteiger partial charge on any atom is 0.227 e. The molecule has 2 N–H and O–H groups in total. The molecule has 1 saturated heterocycles. The first-order chi connectivity index (χ1) is 15.2. The minimum Gasteiger partial charge on any atom is -0.489 e. The molecular weight excluding hydrogens is 414 g/mol. The molecule has 4 heterocycles. The number of rotatable bonds is 4. The molecule has 0 bridgehead atoms. The van der Waals surface area contributed by atoms with E-state index in [0.29, 0.717) is 30.5 Å². The summed E-state index contributed by atoms with van der Waals surface area (Å²) in [4.78, 5) is 15.1. The molecule has 2 aromatic rings. The second kappa shape index (κ2) is 7.34. The number of aromatic nitrogens is 2. The van der Waals surface area contributed by atoms with Crippen LogP contribution in [0.25, 0.3) is 0 Å². The third-order valence-corrected chi connectivity index (χ3v) is 8.50. The molecule has 31 heavy (non-hydrogen) atoms. The molecule has 164 valence electrons. The molecular formula is C22H27N5O3S. The minimum absolute atomic E-state index is 0.0608. The van der Waals surface area contributed by atoms with Crippen LogP contribution in [0.2, 0.25) is 0 Å². The van der Waals surface area contributed by atoms with Crippen molar-refractivity contribution in [2.45, 2.75) is 42.2 Å². The molecule has 0 spiro atoms. The van der Waals surface area contributed by atoms with E-state index in [1.54, 1.807) is 0 Å². The zero-order chi connectivity index (χ0) is 21.0. The van der Waals surface area contributed by atoms with Gasteiger partial charge in [0.2, 0.25) is 5.95 Å². The summed E-state index contributed by atoms with van der Waals surface area (Å²) >= 11 is 0. The highest BCUT2D eigenvalue weighted by Gasteiger charge is 2.40. The predicted octanol–water partition coefficient (Wildman–Crippen LogP) is 1.55. The van der Waals surface area contributed by atoms with Crippen molar-refractivity contribution in [2.75, 3.05) is 53.7 Å². The number of aliphatic hydroxyl groups excluding tert-OH is 1. The maximum atomic E-state index is 12.7. The molecule has 1 aliphatic carbocycles. The van der Waals surface area contributed by atoms with Gasteiger partial charge >= 0.3 is 0 Å². The number of ether oxygens (including phenoxy) is 1. The Morgan fingerprint density at radius 3 is 2.94 bits per heavy atom. The van der Waals surface area contributed by atoms with Gasteiger partial charge in [-0.1, -0.05) is 12.1 Å². The van der Waals surface area contributed by atoms with E-state index in [4.69, 9.17) is 14.7 Å². The highest BCUT2D eigenvalue weighted by Crippen LogP contribution is 2.39. The number of aliphatic hydroxyl groups is 1. The molecule has 1 aromatic heterocycles. The van der Waals surface area contributed by atoms with Crippen LogP contribution in [0.4, 0.5) is 17.5 Å². The first kappa shape index (κ1) is 19.3. The van der Waals surface area contributed by atoms with Gasteiger partial charge in [-0.15, -0.1) is 0 Å². The van der Waals surface area contributed by atoms with Crippen LogP contribution in [0.3, 0.4) is 0 Å². The van der Waals surface area contributed by atoms with E-state index < -0.39 is 10.8 Å². The Balaban J connectivity index is 1.30. The monoisotopic (exact) mass is 441 g/mol. The molecule has 8 nitrogen and oxygen atoms in total. The van der Waals surface area contributed by atoms with Gasteiger partial charge < -0.3 is 25.0 Å². The van der Waals surface area contributed by atoms with Crippen molar-refractivity contribution in [3.63, 3.8) is 0 Å². The molecule has 6 rings (SSSR count). The highest BCUT2D eigenvalue weighted by molar-refractivity contribution is 7.85. The molecule has 4 aliphatic rings. The minimum atomic E-state index is -1.08. The lowest BCUT2D eigenvalue weighted by Crippen LogP contribution is -2.57. The van der Waals surface area contributed by atoms with Crippen LogP contribution in [0.5, 0.6) is 5.75 Å². The number of benzene rings is 1. The summed E-state index contributed by atoms with van der Waals surface area (Å²) < 4.78 is 18.7. The van der Waals surface area contributed by atoms with Crippen LogP contribution in [-0.4, -0.2) is 69.5 Å². The van der Waals surface area contributed by atoms with Gasteiger partial charge in [-0.2, -0.15) is 4.98 Å². The van der Waals surface area contributed by atoms with Gasteiger partial charge in [0, 0.05) is 31.8 Å². The van der Waals surface area contributed by atoms with Crippen LogP contribution < -0.4 is 19.9 Å². The average molecular weight is 442 g/mol. The Morgan fingerprint density at radius 1 is 1.26 bits per heavy atom. The van der Waals surface area contributed by atoms with Crippen molar-refractivity contribution in [1.29, 1.82) is 0 Å². The highest BCUT2D eigenvalue weighted by atomic mass is 32.2. The lowest BCUT2D eigenvalue weighted by Gasteiger charge is -2.45. The second-order valence-electron chi connectivity index (χ2n) is 8.94. The molecule has 2 fully saturated rings. The van der Waals surface area contributed by atoms with Crippen molar-refractivity contribution in [1.82, 2.24) is 9.97 Å². The Bertz CT molecular complexity index is 1040. The number of nitrogens with zero attached hydrogens (tertiary/aromatic N) is 4. The second-order valence-corrected chi connectivity index (χ2v) is 10.4. The summed E-state index contributed by atoms with van der Waals surface area (Å²) in [5, 5.41) is 13.4. The van der Waals surface area contributed by atoms with Gasteiger partial charge in [0.15, 0.2) is 0 Å². The summed E-state index contributed by atoms with van der Waals surface area (Å²) in [5.41, 5.74) is 1.69. The molecule has 3 aliphatic heterocycles. The van der Waals surface area contributed by atoms with E-state index in [2.05, 4.69) is 27.2 Å². The fraction of sp³-hybridized carbons (Fsp3) is 0.545. The largest absolute Gasteiger partial charge is 0.489 e. The number of hydrogen-bond donors (Lipinski definition) is 2. The Morgan fingerprint density at radius 2 is 2.13 bits per heavy atom. The first-order valence-electron chi connectivity index (χ1n) is 11.1. The van der Waals surface area contributed by atoms with E-state index in [0.717, 1.165) is 60.9 Å². The lowest BCUT2D eigenvalue weighted by atomic mass is 9.77. The summed E-state index contributed by atoms with van der Waals surface area (Å²) in [6.45, 7) is 3.17. The Kier molecular flexibility index (Phi) is 4.57. The number of para-hydroxylation sites is 2. The van der Waals surface area contributed by atoms with Gasteiger partial charge in [0.1, 0.15) is 23.1 Å². The van der Waals surface area contributed by atoms with E-state index in [1.807, 2.05) is 12.1 Å². The van der Waals surface area contributed by atoms with Crippen molar-refractivity contribution >= 4 is 28.3 Å². The van der Waals surface area contributed by atoms with Crippen LogP contribution in [0.1, 0.15) is 25.0 Å². The summed E-state index contributed by atoms with van der Waals surface area (Å²) in [5.74, 6) is 2.88. The number of hydrogen-bond acceptors (Lipinski definition) is 8. The van der Waals surface area contributed by atoms with Gasteiger partial charge in [0.25, 0.3) is 0 Å². The number of aryl methyl sites for hydroxylation is 1. The van der Waals surface area contributed by atoms with E-state index in [1.165, 1.54) is 0 Å². The molecule has 0 unspecified atom stereocenters. The fourth-order valence-electron chi connectivity index (χ4n) is 5.09. The number of fused-ring (bicyclic) bond motifs is 4. The quantitative estimate of drug-likeness (QED) is 0.739. The lowest BCUT2D eigenvalue weighted by molar-refractivity contribution is 0.143. The number of anilines is 3. The molecule has 0 amide bonds. The molecule has 2 atom stereocenters. The molecule has 1 saturated carbocycles. The molecule has 1 aromatic carbocycles. The number of nitrogens with one attached hydrogen (secondary N) is 1. The van der Waals surface area contributed by atoms with Crippen molar-refractivity contribution in [2.24, 2.45) is 0 Å². The van der Waals surface area contributed by atoms with Crippen molar-refractivity contribution in [3.8, 4) is 5.75 Å². The Hall–Kier alpha value is -2.39. The third kappa shape index (κ3) is 3.17. The third-order valence-electron chi connectivity index (χ3n) is 7.04. The first-order valence-corrected chi connectivity index (χ1v) is 12.4. The standard InChI is InChI=1S/C22H27N5O3S/c28-14-22(7-3-8-22)25-20-19-16(6-11-31(19)29)23-21(24-20)26-9-10-27-15(12-26)13-30-18-5-2-1-4-17(18)27/h1-2,4-5,15,28H,3,6-14H2,(H,23,24,25)/t15-,31+/m0/s1. The van der Waals surface area contributed by atoms with E-state index in [9.17, 15) is 9.32 Å². The van der Waals surface area contributed by atoms with Crippen LogP contribution >= 0.6 is 0 Å². The maximum absolute atomic E-state index is 12.7. The molecule has 0 radical (unpaired) electrons. The normalized spacial score (nSPS) is 25.7. The SMILES string of the molecule is O=[S@@]1CCc2nc(N3CCN4c5ccccc5OC[C@@H]4C3)nc(NC3(CO)CCC3)c21. The zero-order valence-corrected chi connectivity index (χ0v) is 18.2. The predicted molar refractivity (Wildman–Crippen MR) is 120 cm³/mol. The summed E-state index contributed by atoms with van der Waals surface area (Å²) in [7, 11) is -1.08. The van der Waals surface area contributed by atoms with Crippen LogP contribution in [0.15, 0.2) is 29.2 Å². The van der Waals surface area contributed by atoms with Gasteiger partial charge in [-0.25, -0.2) is 4.98 Å². The smallest absolute Gasteiger partial charge is 0.227 e. The van der Waals surface area contributed by atoms with Gasteiger partial charge in [0.05, 0.1) is 40.4 Å². The van der Waals surface area contributed by atoms with E-state index in [-0.39, 0.29) is 18.2 Å².